The van der Waals surface area contributed by atoms with E-state index >= 15 is 0 Å². The molecule has 4 heteroatoms. The van der Waals surface area contributed by atoms with Crippen LogP contribution in [0.3, 0.4) is 0 Å². The third-order valence-electron chi connectivity index (χ3n) is 3.13. The van der Waals surface area contributed by atoms with E-state index in [4.69, 9.17) is 5.73 Å². The summed E-state index contributed by atoms with van der Waals surface area (Å²) < 4.78 is 0. The van der Waals surface area contributed by atoms with Gasteiger partial charge in [0.15, 0.2) is 0 Å². The number of likely N-dealkylation sites (N-methyl/N-ethyl adjacent to an activating group) is 1. The predicted molar refractivity (Wildman–Crippen MR) is 77.5 cm³/mol. The monoisotopic (exact) mass is 256 g/mol. The highest BCUT2D eigenvalue weighted by Gasteiger charge is 2.04. The van der Waals surface area contributed by atoms with E-state index in [9.17, 15) is 0 Å². The molecule has 2 heterocycles. The topological polar surface area (TPSA) is 55.0 Å². The summed E-state index contributed by atoms with van der Waals surface area (Å²) in [5.74, 6) is 0. The smallest absolute Gasteiger partial charge is 0.0501 e. The van der Waals surface area contributed by atoms with Crippen LogP contribution in [-0.2, 0) is 13.0 Å². The molecule has 2 N–H and O–H groups in total. The van der Waals surface area contributed by atoms with Gasteiger partial charge in [0.1, 0.15) is 0 Å². The average molecular weight is 256 g/mol. The fourth-order valence-electron chi connectivity index (χ4n) is 1.95. The Morgan fingerprint density at radius 2 is 1.95 bits per heavy atom. The van der Waals surface area contributed by atoms with Gasteiger partial charge in [-0.15, -0.1) is 0 Å². The van der Waals surface area contributed by atoms with Crippen molar-refractivity contribution in [1.82, 2.24) is 14.9 Å². The molecule has 0 saturated carbocycles. The van der Waals surface area contributed by atoms with E-state index in [0.717, 1.165) is 31.7 Å². The molecular formula is C15H20N4. The predicted octanol–water partition coefficient (Wildman–Crippen LogP) is 2.12. The minimum atomic E-state index is 0.716. The molecule has 0 unspecified atom stereocenters. The van der Waals surface area contributed by atoms with Crippen molar-refractivity contribution in [1.29, 1.82) is 0 Å². The lowest BCUT2D eigenvalue weighted by atomic mass is 10.2. The van der Waals surface area contributed by atoms with Crippen molar-refractivity contribution >= 4 is 5.69 Å². The summed E-state index contributed by atoms with van der Waals surface area (Å²) in [6, 6.07) is 8.02. The Labute approximate surface area is 114 Å². The van der Waals surface area contributed by atoms with Gasteiger partial charge in [0.2, 0.25) is 0 Å². The molecule has 0 spiro atoms. The van der Waals surface area contributed by atoms with Crippen LogP contribution in [-0.4, -0.2) is 28.0 Å². The van der Waals surface area contributed by atoms with Crippen molar-refractivity contribution in [3.05, 3.63) is 54.1 Å². The molecule has 0 saturated heterocycles. The van der Waals surface area contributed by atoms with Gasteiger partial charge in [0, 0.05) is 37.6 Å². The van der Waals surface area contributed by atoms with Crippen LogP contribution < -0.4 is 5.73 Å². The molecule has 100 valence electrons. The second kappa shape index (κ2) is 6.85. The molecule has 2 rings (SSSR count). The van der Waals surface area contributed by atoms with Crippen LogP contribution in [0.2, 0.25) is 0 Å². The second-order valence-electron chi connectivity index (χ2n) is 4.56. The van der Waals surface area contributed by atoms with E-state index in [1.54, 1.807) is 6.20 Å². The molecule has 0 amide bonds. The molecule has 0 aliphatic rings. The highest BCUT2D eigenvalue weighted by atomic mass is 15.1. The van der Waals surface area contributed by atoms with E-state index in [1.165, 1.54) is 5.56 Å². The van der Waals surface area contributed by atoms with Gasteiger partial charge < -0.3 is 5.73 Å². The van der Waals surface area contributed by atoms with E-state index < -0.39 is 0 Å². The maximum Gasteiger partial charge on any atom is 0.0501 e. The molecule has 2 aromatic heterocycles. The molecule has 0 aromatic carbocycles. The van der Waals surface area contributed by atoms with E-state index in [2.05, 4.69) is 33.9 Å². The van der Waals surface area contributed by atoms with Crippen LogP contribution in [0.5, 0.6) is 0 Å². The first-order valence-electron chi connectivity index (χ1n) is 6.59. The second-order valence-corrected chi connectivity index (χ2v) is 4.56. The van der Waals surface area contributed by atoms with Crippen LogP contribution in [0, 0.1) is 0 Å². The lowest BCUT2D eigenvalue weighted by Crippen LogP contribution is -2.25. The molecule has 0 atom stereocenters. The molecule has 4 nitrogen and oxygen atoms in total. The first kappa shape index (κ1) is 13.5. The minimum absolute atomic E-state index is 0.716. The molecule has 19 heavy (non-hydrogen) atoms. The van der Waals surface area contributed by atoms with Crippen LogP contribution in [0.25, 0.3) is 0 Å². The number of anilines is 1. The maximum absolute atomic E-state index is 5.63. The number of aromatic nitrogens is 2. The Bertz CT molecular complexity index is 481. The molecule has 0 radical (unpaired) electrons. The summed E-state index contributed by atoms with van der Waals surface area (Å²) in [4.78, 5) is 10.8. The maximum atomic E-state index is 5.63. The molecular weight excluding hydrogens is 236 g/mol. The van der Waals surface area contributed by atoms with Gasteiger partial charge in [-0.1, -0.05) is 6.92 Å². The Hall–Kier alpha value is -1.94. The zero-order valence-corrected chi connectivity index (χ0v) is 11.3. The van der Waals surface area contributed by atoms with Gasteiger partial charge in [-0.25, -0.2) is 0 Å². The summed E-state index contributed by atoms with van der Waals surface area (Å²) in [6.45, 7) is 5.15. The molecule has 0 aliphatic carbocycles. The minimum Gasteiger partial charge on any atom is -0.397 e. The Morgan fingerprint density at radius 3 is 2.58 bits per heavy atom. The van der Waals surface area contributed by atoms with Gasteiger partial charge in [-0.05, 0) is 36.4 Å². The normalized spacial score (nSPS) is 10.8. The SMILES string of the molecule is CCN(CCc1ccc(N)cn1)Cc1ccncc1. The van der Waals surface area contributed by atoms with Gasteiger partial charge in [-0.2, -0.15) is 0 Å². The van der Waals surface area contributed by atoms with Gasteiger partial charge in [-0.3, -0.25) is 14.9 Å². The van der Waals surface area contributed by atoms with Crippen molar-refractivity contribution in [2.75, 3.05) is 18.8 Å². The third-order valence-corrected chi connectivity index (χ3v) is 3.13. The van der Waals surface area contributed by atoms with Crippen LogP contribution in [0.4, 0.5) is 5.69 Å². The van der Waals surface area contributed by atoms with Gasteiger partial charge in [0.25, 0.3) is 0 Å². The van der Waals surface area contributed by atoms with Gasteiger partial charge >= 0.3 is 0 Å². The van der Waals surface area contributed by atoms with Crippen molar-refractivity contribution in [3.63, 3.8) is 0 Å². The van der Waals surface area contributed by atoms with Crippen molar-refractivity contribution in [2.24, 2.45) is 0 Å². The Kier molecular flexibility index (Phi) is 4.86. The quantitative estimate of drug-likeness (QED) is 0.860. The fourth-order valence-corrected chi connectivity index (χ4v) is 1.95. The third kappa shape index (κ3) is 4.34. The number of hydrogen-bond acceptors (Lipinski definition) is 4. The van der Waals surface area contributed by atoms with Crippen LogP contribution in [0.15, 0.2) is 42.9 Å². The van der Waals surface area contributed by atoms with Crippen molar-refractivity contribution < 1.29 is 0 Å². The average Bonchev–Trinajstić information content (AvgIpc) is 2.46. The number of pyridine rings is 2. The Balaban J connectivity index is 1.87. The molecule has 0 bridgehead atoms. The number of nitrogens with two attached hydrogens (primary N) is 1. The lowest BCUT2D eigenvalue weighted by molar-refractivity contribution is 0.282. The molecule has 2 aromatic rings. The summed E-state index contributed by atoms with van der Waals surface area (Å²) in [6.07, 6.45) is 6.34. The highest BCUT2D eigenvalue weighted by molar-refractivity contribution is 5.34. The van der Waals surface area contributed by atoms with Crippen molar-refractivity contribution in [2.45, 2.75) is 19.9 Å². The van der Waals surface area contributed by atoms with Crippen LogP contribution >= 0.6 is 0 Å². The fraction of sp³-hybridized carbons (Fsp3) is 0.333. The summed E-state index contributed by atoms with van der Waals surface area (Å²) in [5, 5.41) is 0. The van der Waals surface area contributed by atoms with E-state index in [1.807, 2.05) is 24.5 Å². The number of hydrogen-bond donors (Lipinski definition) is 1. The highest BCUT2D eigenvalue weighted by Crippen LogP contribution is 2.06. The number of rotatable bonds is 6. The van der Waals surface area contributed by atoms with E-state index in [-0.39, 0.29) is 0 Å². The first-order valence-corrected chi connectivity index (χ1v) is 6.59. The summed E-state index contributed by atoms with van der Waals surface area (Å²) in [5.41, 5.74) is 8.73. The zero-order valence-electron chi connectivity index (χ0n) is 11.3. The number of nitrogen functional groups attached to an aromatic ring is 1. The van der Waals surface area contributed by atoms with Gasteiger partial charge in [0.05, 0.1) is 11.9 Å². The Morgan fingerprint density at radius 1 is 1.16 bits per heavy atom. The zero-order chi connectivity index (χ0) is 13.5. The number of nitrogens with zero attached hydrogens (tertiary/aromatic N) is 3. The molecule has 0 fully saturated rings. The summed E-state index contributed by atoms with van der Waals surface area (Å²) >= 11 is 0. The largest absolute Gasteiger partial charge is 0.397 e. The first-order chi connectivity index (χ1) is 9.28. The van der Waals surface area contributed by atoms with E-state index in [0.29, 0.717) is 5.69 Å². The van der Waals surface area contributed by atoms with Crippen molar-refractivity contribution in [3.8, 4) is 0 Å². The standard InChI is InChI=1S/C15H20N4/c1-2-19(12-13-5-8-17-9-6-13)10-7-15-4-3-14(16)11-18-15/h3-6,8-9,11H,2,7,10,12,16H2,1H3. The van der Waals surface area contributed by atoms with Crippen LogP contribution in [0.1, 0.15) is 18.2 Å². The summed E-state index contributed by atoms with van der Waals surface area (Å²) in [7, 11) is 0. The lowest BCUT2D eigenvalue weighted by Gasteiger charge is -2.20. The molecule has 0 aliphatic heterocycles.